The maximum absolute atomic E-state index is 12.9. The summed E-state index contributed by atoms with van der Waals surface area (Å²) < 4.78 is 35.2. The lowest BCUT2D eigenvalue weighted by Gasteiger charge is -2.36. The van der Waals surface area contributed by atoms with Crippen LogP contribution in [0.1, 0.15) is 31.2 Å². The van der Waals surface area contributed by atoms with Gasteiger partial charge in [-0.05, 0) is 48.8 Å². The lowest BCUT2D eigenvalue weighted by molar-refractivity contribution is -0.117. The highest BCUT2D eigenvalue weighted by atomic mass is 32.2. The van der Waals surface area contributed by atoms with E-state index < -0.39 is 9.84 Å². The smallest absolute Gasteiger partial charge is 0.252 e. The summed E-state index contributed by atoms with van der Waals surface area (Å²) in [6, 6.07) is 5.70. The molecule has 0 N–H and O–H groups in total. The Hall–Kier alpha value is -1.74. The summed E-state index contributed by atoms with van der Waals surface area (Å²) in [5.74, 6) is 2.68. The first-order valence-electron chi connectivity index (χ1n) is 10.8. The Labute approximate surface area is 187 Å². The van der Waals surface area contributed by atoms with Gasteiger partial charge in [0.1, 0.15) is 0 Å². The lowest BCUT2D eigenvalue weighted by Crippen LogP contribution is -2.47. The number of carbonyl (C=O) groups excluding carboxylic acids is 1. The van der Waals surface area contributed by atoms with Crippen LogP contribution < -0.4 is 9.47 Å². The van der Waals surface area contributed by atoms with Crippen molar-refractivity contribution in [2.24, 2.45) is 16.8 Å². The number of rotatable bonds is 5. The van der Waals surface area contributed by atoms with Crippen molar-refractivity contribution in [3.8, 4) is 11.5 Å². The predicted octanol–water partition coefficient (Wildman–Crippen LogP) is 2.53. The van der Waals surface area contributed by atoms with Crippen LogP contribution in [-0.4, -0.2) is 67.5 Å². The topological polar surface area (TPSA) is 85.3 Å². The number of amidine groups is 1. The van der Waals surface area contributed by atoms with E-state index in [0.29, 0.717) is 23.5 Å². The molecule has 0 aromatic heterocycles. The van der Waals surface area contributed by atoms with E-state index in [9.17, 15) is 13.2 Å². The third-order valence-corrected chi connectivity index (χ3v) is 10.4. The molecule has 5 rings (SSSR count). The summed E-state index contributed by atoms with van der Waals surface area (Å²) in [6.45, 7) is 0. The monoisotopic (exact) mass is 464 g/mol. The second kappa shape index (κ2) is 7.99. The zero-order chi connectivity index (χ0) is 21.8. The van der Waals surface area contributed by atoms with Gasteiger partial charge in [0.15, 0.2) is 26.5 Å². The standard InChI is InChI=1S/C22H28N2O5S2/c1-28-18-6-4-14(9-19(18)29-2)10-21(25)23-22-24(16-8-13-3-5-15(16)7-13)17-11-31(26,27)12-20(17)30-22/h4,6,9,13,15-17,20H,3,5,7-8,10-12H2,1-2H3/t13-,15-,16-,17+,20+/m0/s1. The number of amides is 1. The van der Waals surface area contributed by atoms with Crippen LogP contribution in [-0.2, 0) is 21.1 Å². The number of carbonyl (C=O) groups is 1. The summed E-state index contributed by atoms with van der Waals surface area (Å²) in [5.41, 5.74) is 0.809. The zero-order valence-electron chi connectivity index (χ0n) is 17.8. The van der Waals surface area contributed by atoms with Gasteiger partial charge in [-0.1, -0.05) is 24.2 Å². The number of hydrogen-bond acceptors (Lipinski definition) is 6. The van der Waals surface area contributed by atoms with Crippen LogP contribution in [0.3, 0.4) is 0 Å². The molecular formula is C22H28N2O5S2. The Bertz CT molecular complexity index is 1020. The molecule has 2 heterocycles. The summed E-state index contributed by atoms with van der Waals surface area (Å²) in [5, 5.41) is 0.713. The van der Waals surface area contributed by atoms with Crippen molar-refractivity contribution >= 4 is 32.7 Å². The summed E-state index contributed by atoms with van der Waals surface area (Å²) >= 11 is 1.49. The zero-order valence-corrected chi connectivity index (χ0v) is 19.5. The van der Waals surface area contributed by atoms with Crippen molar-refractivity contribution < 1.29 is 22.7 Å². The number of sulfone groups is 1. The van der Waals surface area contributed by atoms with Crippen LogP contribution in [0, 0.1) is 11.8 Å². The van der Waals surface area contributed by atoms with Gasteiger partial charge in [-0.25, -0.2) is 8.42 Å². The Morgan fingerprint density at radius 1 is 1.13 bits per heavy atom. The molecule has 2 aliphatic carbocycles. The number of fused-ring (bicyclic) bond motifs is 3. The molecule has 2 aliphatic heterocycles. The highest BCUT2D eigenvalue weighted by Gasteiger charge is 2.54. The van der Waals surface area contributed by atoms with Crippen molar-refractivity contribution in [2.75, 3.05) is 25.7 Å². The first-order chi connectivity index (χ1) is 14.9. The fourth-order valence-electron chi connectivity index (χ4n) is 5.84. The Kier molecular flexibility index (Phi) is 5.45. The SMILES string of the molecule is COc1ccc(CC(=O)N=C2S[C@@H]3CS(=O)(=O)C[C@H]3N2[C@H]2C[C@H]3CC[C@H]2C3)cc1OC. The Morgan fingerprint density at radius 2 is 1.94 bits per heavy atom. The molecule has 5 atom stereocenters. The molecule has 0 unspecified atom stereocenters. The molecule has 1 aromatic rings. The van der Waals surface area contributed by atoms with Crippen LogP contribution in [0.5, 0.6) is 11.5 Å². The maximum atomic E-state index is 12.9. The van der Waals surface area contributed by atoms with Crippen LogP contribution in [0.2, 0.25) is 0 Å². The van der Waals surface area contributed by atoms with E-state index in [0.717, 1.165) is 23.1 Å². The fourth-order valence-corrected chi connectivity index (χ4v) is 9.83. The molecule has 9 heteroatoms. The van der Waals surface area contributed by atoms with Gasteiger partial charge in [-0.2, -0.15) is 4.99 Å². The van der Waals surface area contributed by atoms with E-state index >= 15 is 0 Å². The van der Waals surface area contributed by atoms with Crippen LogP contribution in [0.4, 0.5) is 0 Å². The van der Waals surface area contributed by atoms with Crippen LogP contribution in [0.25, 0.3) is 0 Å². The molecule has 1 amide bonds. The quantitative estimate of drug-likeness (QED) is 0.662. The molecule has 168 valence electrons. The number of benzene rings is 1. The van der Waals surface area contributed by atoms with E-state index in [1.807, 2.05) is 6.07 Å². The van der Waals surface area contributed by atoms with Gasteiger partial charge in [-0.3, -0.25) is 4.79 Å². The molecule has 2 bridgehead atoms. The first-order valence-corrected chi connectivity index (χ1v) is 13.5. The van der Waals surface area contributed by atoms with E-state index in [-0.39, 0.29) is 35.1 Å². The van der Waals surface area contributed by atoms with Gasteiger partial charge >= 0.3 is 0 Å². The van der Waals surface area contributed by atoms with Crippen molar-refractivity contribution in [1.82, 2.24) is 4.90 Å². The van der Waals surface area contributed by atoms with Gasteiger partial charge in [-0.15, -0.1) is 0 Å². The molecule has 0 radical (unpaired) electrons. The second-order valence-electron chi connectivity index (χ2n) is 9.10. The third-order valence-electron chi connectivity index (χ3n) is 7.19. The van der Waals surface area contributed by atoms with Crippen molar-refractivity contribution in [3.05, 3.63) is 23.8 Å². The van der Waals surface area contributed by atoms with Gasteiger partial charge in [0.25, 0.3) is 5.91 Å². The number of nitrogens with zero attached hydrogens (tertiary/aromatic N) is 2. The van der Waals surface area contributed by atoms with Crippen molar-refractivity contribution in [1.29, 1.82) is 0 Å². The molecule has 7 nitrogen and oxygen atoms in total. The minimum atomic E-state index is -3.02. The summed E-state index contributed by atoms with van der Waals surface area (Å²) in [6.07, 6.45) is 4.97. The minimum absolute atomic E-state index is 0.0169. The summed E-state index contributed by atoms with van der Waals surface area (Å²) in [4.78, 5) is 19.6. The van der Waals surface area contributed by atoms with Gasteiger partial charge in [0.05, 0.1) is 38.2 Å². The number of thioether (sulfide) groups is 1. The molecule has 1 aromatic carbocycles. The number of hydrogen-bond donors (Lipinski definition) is 0. The molecule has 2 saturated carbocycles. The molecule has 31 heavy (non-hydrogen) atoms. The van der Waals surface area contributed by atoms with Crippen molar-refractivity contribution in [2.45, 2.75) is 49.4 Å². The average Bonchev–Trinajstić information content (AvgIpc) is 3.47. The predicted molar refractivity (Wildman–Crippen MR) is 121 cm³/mol. The minimum Gasteiger partial charge on any atom is -0.493 e. The van der Waals surface area contributed by atoms with Crippen LogP contribution in [0.15, 0.2) is 23.2 Å². The maximum Gasteiger partial charge on any atom is 0.252 e. The van der Waals surface area contributed by atoms with E-state index in [4.69, 9.17) is 9.47 Å². The third kappa shape index (κ3) is 3.95. The van der Waals surface area contributed by atoms with Gasteiger partial charge in [0.2, 0.25) is 0 Å². The number of aliphatic imine (C=N–C) groups is 1. The Morgan fingerprint density at radius 3 is 2.61 bits per heavy atom. The van der Waals surface area contributed by atoms with Gasteiger partial charge in [0, 0.05) is 11.3 Å². The molecular weight excluding hydrogens is 436 g/mol. The Balaban J connectivity index is 1.38. The lowest BCUT2D eigenvalue weighted by atomic mass is 9.93. The fraction of sp³-hybridized carbons (Fsp3) is 0.636. The first kappa shape index (κ1) is 21.1. The highest BCUT2D eigenvalue weighted by Crippen LogP contribution is 2.51. The number of methoxy groups -OCH3 is 2. The second-order valence-corrected chi connectivity index (χ2v) is 12.5. The van der Waals surface area contributed by atoms with E-state index in [1.165, 1.54) is 31.0 Å². The average molecular weight is 465 g/mol. The highest BCUT2D eigenvalue weighted by molar-refractivity contribution is 8.15. The normalized spacial score (nSPS) is 34.3. The van der Waals surface area contributed by atoms with Crippen LogP contribution >= 0.6 is 11.8 Å². The summed E-state index contributed by atoms with van der Waals surface area (Å²) in [7, 11) is 0.121. The van der Waals surface area contributed by atoms with E-state index in [1.54, 1.807) is 26.4 Å². The molecule has 2 saturated heterocycles. The largest absolute Gasteiger partial charge is 0.493 e. The number of ether oxygens (including phenoxy) is 2. The molecule has 0 spiro atoms. The molecule has 4 fully saturated rings. The van der Waals surface area contributed by atoms with E-state index in [2.05, 4.69) is 9.89 Å². The van der Waals surface area contributed by atoms with Gasteiger partial charge < -0.3 is 14.4 Å². The van der Waals surface area contributed by atoms with Crippen molar-refractivity contribution in [3.63, 3.8) is 0 Å². The molecule has 4 aliphatic rings.